The predicted molar refractivity (Wildman–Crippen MR) is 84.2 cm³/mol. The number of anilines is 1. The van der Waals surface area contributed by atoms with Crippen LogP contribution in [-0.2, 0) is 6.54 Å². The summed E-state index contributed by atoms with van der Waals surface area (Å²) in [5.41, 5.74) is 8.21. The van der Waals surface area contributed by atoms with Crippen molar-refractivity contribution in [3.8, 4) is 0 Å². The van der Waals surface area contributed by atoms with E-state index in [1.165, 1.54) is 35.6 Å². The van der Waals surface area contributed by atoms with E-state index in [2.05, 4.69) is 49.5 Å². The molecule has 0 fully saturated rings. The maximum absolute atomic E-state index is 6.13. The van der Waals surface area contributed by atoms with E-state index in [0.717, 1.165) is 12.2 Å². The first-order valence-corrected chi connectivity index (χ1v) is 7.21. The average Bonchev–Trinajstić information content (AvgIpc) is 2.42. The van der Waals surface area contributed by atoms with Crippen molar-refractivity contribution in [1.82, 2.24) is 5.32 Å². The summed E-state index contributed by atoms with van der Waals surface area (Å²) in [6, 6.07) is 13.2. The molecule has 102 valence electrons. The maximum Gasteiger partial charge on any atom is 0.0366 e. The molecule has 2 aromatic carbocycles. The molecule has 2 rings (SSSR count). The lowest BCUT2D eigenvalue weighted by Crippen LogP contribution is -2.25. The van der Waals surface area contributed by atoms with Gasteiger partial charge in [0.1, 0.15) is 0 Å². The minimum Gasteiger partial charge on any atom is -0.398 e. The lowest BCUT2D eigenvalue weighted by molar-refractivity contribution is 0.495. The van der Waals surface area contributed by atoms with Crippen LogP contribution in [0.15, 0.2) is 36.4 Å². The molecule has 0 heterocycles. The van der Waals surface area contributed by atoms with Crippen LogP contribution in [0.4, 0.5) is 5.69 Å². The van der Waals surface area contributed by atoms with Gasteiger partial charge in [0, 0.05) is 18.3 Å². The van der Waals surface area contributed by atoms with Gasteiger partial charge in [-0.15, -0.1) is 0 Å². The first-order valence-electron chi connectivity index (χ1n) is 7.21. The monoisotopic (exact) mass is 256 g/mol. The molecule has 0 spiro atoms. The Bertz CT molecular complexity index is 534. The van der Waals surface area contributed by atoms with E-state index in [-0.39, 0.29) is 0 Å². The zero-order valence-electron chi connectivity index (χ0n) is 11.9. The molecule has 2 aromatic rings. The molecule has 0 saturated carbocycles. The third-order valence-electron chi connectivity index (χ3n) is 3.64. The van der Waals surface area contributed by atoms with Gasteiger partial charge in [-0.25, -0.2) is 0 Å². The SMILES string of the molecule is CCCCC(C)NCc1cc2ccccc2cc1N. The van der Waals surface area contributed by atoms with Gasteiger partial charge in [0.2, 0.25) is 0 Å². The second-order valence-electron chi connectivity index (χ2n) is 5.32. The molecule has 1 unspecified atom stereocenters. The number of rotatable bonds is 6. The summed E-state index contributed by atoms with van der Waals surface area (Å²) in [6.07, 6.45) is 3.76. The van der Waals surface area contributed by atoms with Crippen LogP contribution >= 0.6 is 0 Å². The first-order chi connectivity index (χ1) is 9.20. The second-order valence-corrected chi connectivity index (χ2v) is 5.32. The highest BCUT2D eigenvalue weighted by atomic mass is 14.9. The van der Waals surface area contributed by atoms with E-state index >= 15 is 0 Å². The smallest absolute Gasteiger partial charge is 0.0366 e. The normalized spacial score (nSPS) is 12.7. The van der Waals surface area contributed by atoms with Crippen LogP contribution < -0.4 is 11.1 Å². The summed E-state index contributed by atoms with van der Waals surface area (Å²) < 4.78 is 0. The van der Waals surface area contributed by atoms with Gasteiger partial charge in [-0.2, -0.15) is 0 Å². The molecule has 19 heavy (non-hydrogen) atoms. The minimum absolute atomic E-state index is 0.547. The molecule has 0 aliphatic rings. The van der Waals surface area contributed by atoms with Gasteiger partial charge >= 0.3 is 0 Å². The summed E-state index contributed by atoms with van der Waals surface area (Å²) in [7, 11) is 0. The third kappa shape index (κ3) is 3.71. The maximum atomic E-state index is 6.13. The topological polar surface area (TPSA) is 38.0 Å². The Hall–Kier alpha value is -1.54. The number of nitrogen functional groups attached to an aromatic ring is 1. The number of hydrogen-bond donors (Lipinski definition) is 2. The molecule has 0 aliphatic carbocycles. The van der Waals surface area contributed by atoms with Crippen LogP contribution in [0.25, 0.3) is 10.8 Å². The minimum atomic E-state index is 0.547. The number of unbranched alkanes of at least 4 members (excludes halogenated alkanes) is 1. The Kier molecular flexibility index (Phi) is 4.80. The van der Waals surface area contributed by atoms with Crippen molar-refractivity contribution in [2.45, 2.75) is 45.7 Å². The van der Waals surface area contributed by atoms with E-state index in [4.69, 9.17) is 5.73 Å². The predicted octanol–water partition coefficient (Wildman–Crippen LogP) is 4.09. The first kappa shape index (κ1) is 13.9. The number of fused-ring (bicyclic) bond motifs is 1. The van der Waals surface area contributed by atoms with Crippen LogP contribution in [0.5, 0.6) is 0 Å². The fourth-order valence-corrected chi connectivity index (χ4v) is 2.35. The van der Waals surface area contributed by atoms with E-state index < -0.39 is 0 Å². The number of nitrogens with one attached hydrogen (secondary N) is 1. The van der Waals surface area contributed by atoms with E-state index in [9.17, 15) is 0 Å². The highest BCUT2D eigenvalue weighted by molar-refractivity contribution is 5.86. The fraction of sp³-hybridized carbons (Fsp3) is 0.412. The van der Waals surface area contributed by atoms with Crippen molar-refractivity contribution in [3.63, 3.8) is 0 Å². The molecule has 0 aliphatic heterocycles. The third-order valence-corrected chi connectivity index (χ3v) is 3.64. The van der Waals surface area contributed by atoms with Crippen molar-refractivity contribution in [2.75, 3.05) is 5.73 Å². The molecule has 0 saturated heterocycles. The van der Waals surface area contributed by atoms with Crippen LogP contribution in [0.1, 0.15) is 38.7 Å². The zero-order valence-corrected chi connectivity index (χ0v) is 11.9. The molecule has 0 bridgehead atoms. The number of hydrogen-bond acceptors (Lipinski definition) is 2. The van der Waals surface area contributed by atoms with Gasteiger partial charge in [0.25, 0.3) is 0 Å². The van der Waals surface area contributed by atoms with Crippen LogP contribution in [-0.4, -0.2) is 6.04 Å². The van der Waals surface area contributed by atoms with E-state index in [1.54, 1.807) is 0 Å². The second kappa shape index (κ2) is 6.58. The molecule has 1 atom stereocenters. The van der Waals surface area contributed by atoms with Gasteiger partial charge in [-0.1, -0.05) is 44.0 Å². The Labute approximate surface area is 116 Å². The Morgan fingerprint density at radius 1 is 1.16 bits per heavy atom. The van der Waals surface area contributed by atoms with Gasteiger partial charge in [-0.05, 0) is 41.8 Å². The van der Waals surface area contributed by atoms with Gasteiger partial charge in [0.05, 0.1) is 0 Å². The van der Waals surface area contributed by atoms with Crippen LogP contribution in [0.3, 0.4) is 0 Å². The van der Waals surface area contributed by atoms with Crippen molar-refractivity contribution >= 4 is 16.5 Å². The average molecular weight is 256 g/mol. The summed E-state index contributed by atoms with van der Waals surface area (Å²) in [6.45, 7) is 5.32. The zero-order chi connectivity index (χ0) is 13.7. The van der Waals surface area contributed by atoms with Crippen molar-refractivity contribution in [3.05, 3.63) is 42.0 Å². The summed E-state index contributed by atoms with van der Waals surface area (Å²) in [4.78, 5) is 0. The Morgan fingerprint density at radius 2 is 1.84 bits per heavy atom. The Balaban J connectivity index is 2.06. The summed E-state index contributed by atoms with van der Waals surface area (Å²) in [5, 5.41) is 6.03. The summed E-state index contributed by atoms with van der Waals surface area (Å²) >= 11 is 0. The molecular weight excluding hydrogens is 232 g/mol. The molecule has 0 amide bonds. The molecule has 0 radical (unpaired) electrons. The lowest BCUT2D eigenvalue weighted by atomic mass is 10.0. The highest BCUT2D eigenvalue weighted by Gasteiger charge is 2.05. The quantitative estimate of drug-likeness (QED) is 0.764. The molecule has 0 aromatic heterocycles. The van der Waals surface area contributed by atoms with E-state index in [1.807, 2.05) is 6.07 Å². The molecule has 2 nitrogen and oxygen atoms in total. The van der Waals surface area contributed by atoms with Gasteiger partial charge in [-0.3, -0.25) is 0 Å². The van der Waals surface area contributed by atoms with Gasteiger partial charge < -0.3 is 11.1 Å². The lowest BCUT2D eigenvalue weighted by Gasteiger charge is -2.15. The largest absolute Gasteiger partial charge is 0.398 e. The standard InChI is InChI=1S/C17H24N2/c1-3-4-7-13(2)19-12-16-10-14-8-5-6-9-15(14)11-17(16)18/h5-6,8-11,13,19H,3-4,7,12,18H2,1-2H3. The van der Waals surface area contributed by atoms with E-state index in [0.29, 0.717) is 6.04 Å². The molecular formula is C17H24N2. The van der Waals surface area contributed by atoms with Gasteiger partial charge in [0.15, 0.2) is 0 Å². The van der Waals surface area contributed by atoms with Crippen molar-refractivity contribution in [2.24, 2.45) is 0 Å². The van der Waals surface area contributed by atoms with Crippen molar-refractivity contribution < 1.29 is 0 Å². The summed E-state index contributed by atoms with van der Waals surface area (Å²) in [5.74, 6) is 0. The fourth-order valence-electron chi connectivity index (χ4n) is 2.35. The number of nitrogens with two attached hydrogens (primary N) is 1. The molecule has 2 heteroatoms. The van der Waals surface area contributed by atoms with Crippen LogP contribution in [0, 0.1) is 0 Å². The highest BCUT2D eigenvalue weighted by Crippen LogP contribution is 2.21. The number of benzene rings is 2. The van der Waals surface area contributed by atoms with Crippen molar-refractivity contribution in [1.29, 1.82) is 0 Å². The Morgan fingerprint density at radius 3 is 2.53 bits per heavy atom. The van der Waals surface area contributed by atoms with Crippen LogP contribution in [0.2, 0.25) is 0 Å². The molecule has 3 N–H and O–H groups in total.